The summed E-state index contributed by atoms with van der Waals surface area (Å²) < 4.78 is 58.8. The van der Waals surface area contributed by atoms with Gasteiger partial charge in [0, 0.05) is 31.1 Å². The molecule has 208 valence electrons. The number of carbonyl (C=O) groups is 5. The number of aliphatic carboxylic acids is 1. The lowest BCUT2D eigenvalue weighted by atomic mass is 9.95. The van der Waals surface area contributed by atoms with Gasteiger partial charge in [0.15, 0.2) is 23.2 Å². The third kappa shape index (κ3) is 7.19. The van der Waals surface area contributed by atoms with E-state index in [-0.39, 0.29) is 38.0 Å². The lowest BCUT2D eigenvalue weighted by Crippen LogP contribution is -2.51. The predicted molar refractivity (Wildman–Crippen MR) is 121 cm³/mol. The molecule has 1 atom stereocenters. The molecule has 3 rings (SSSR count). The highest BCUT2D eigenvalue weighted by Gasteiger charge is 2.34. The van der Waals surface area contributed by atoms with E-state index in [1.165, 1.54) is 4.90 Å². The Morgan fingerprint density at radius 3 is 2.11 bits per heavy atom. The monoisotopic (exact) mass is 545 g/mol. The van der Waals surface area contributed by atoms with E-state index in [4.69, 9.17) is 5.11 Å². The van der Waals surface area contributed by atoms with Crippen molar-refractivity contribution in [3.05, 3.63) is 29.3 Å². The Labute approximate surface area is 214 Å². The molecule has 2 fully saturated rings. The number of piperidine rings is 1. The molecular weight excluding hydrogens is 518 g/mol. The molecule has 1 aliphatic heterocycles. The first-order valence-corrected chi connectivity index (χ1v) is 12.1. The number of Topliss-reactive ketones (excluding diaryl/α,β-unsaturated/α-hetero) is 1. The van der Waals surface area contributed by atoms with Crippen LogP contribution < -0.4 is 15.4 Å². The van der Waals surface area contributed by atoms with Crippen LogP contribution >= 0.6 is 0 Å². The molecule has 2 aliphatic rings. The molecule has 3 N–H and O–H groups in total. The Bertz CT molecular complexity index is 1080. The second kappa shape index (κ2) is 12.7. The average molecular weight is 545 g/mol. The first-order valence-electron chi connectivity index (χ1n) is 12.1. The summed E-state index contributed by atoms with van der Waals surface area (Å²) in [5.41, 5.74) is 0. The van der Waals surface area contributed by atoms with Crippen LogP contribution in [0.1, 0.15) is 44.9 Å². The number of ketones is 1. The summed E-state index contributed by atoms with van der Waals surface area (Å²) in [4.78, 5) is 62.3. The molecular formula is C24H27F4N3O7. The molecule has 10 nitrogen and oxygen atoms in total. The Kier molecular flexibility index (Phi) is 9.64. The molecule has 0 unspecified atom stereocenters. The molecule has 3 amide bonds. The van der Waals surface area contributed by atoms with Gasteiger partial charge in [-0.1, -0.05) is 12.8 Å². The van der Waals surface area contributed by atoms with Gasteiger partial charge in [-0.25, -0.2) is 8.78 Å². The summed E-state index contributed by atoms with van der Waals surface area (Å²) in [5.74, 6) is -14.2. The predicted octanol–water partition coefficient (Wildman–Crippen LogP) is 1.45. The van der Waals surface area contributed by atoms with Gasteiger partial charge in [-0.2, -0.15) is 8.78 Å². The Hall–Kier alpha value is -3.71. The van der Waals surface area contributed by atoms with Crippen LogP contribution in [0.4, 0.5) is 17.6 Å². The van der Waals surface area contributed by atoms with E-state index < -0.39 is 83.5 Å². The van der Waals surface area contributed by atoms with Crippen molar-refractivity contribution in [2.45, 2.75) is 57.0 Å². The van der Waals surface area contributed by atoms with Crippen LogP contribution in [0.25, 0.3) is 0 Å². The molecule has 1 aliphatic carbocycles. The average Bonchev–Trinajstić information content (AvgIpc) is 3.39. The lowest BCUT2D eigenvalue weighted by molar-refractivity contribution is -0.147. The minimum absolute atomic E-state index is 0.0321. The fourth-order valence-corrected chi connectivity index (χ4v) is 4.44. The molecule has 14 heteroatoms. The van der Waals surface area contributed by atoms with Crippen LogP contribution in [0.2, 0.25) is 0 Å². The molecule has 38 heavy (non-hydrogen) atoms. The van der Waals surface area contributed by atoms with E-state index in [1.807, 2.05) is 0 Å². The van der Waals surface area contributed by atoms with E-state index in [0.29, 0.717) is 0 Å². The van der Waals surface area contributed by atoms with Gasteiger partial charge < -0.3 is 25.4 Å². The number of nitrogens with one attached hydrogen (secondary N) is 2. The zero-order chi connectivity index (χ0) is 28.0. The number of likely N-dealkylation sites (tertiary alicyclic amines) is 1. The maximum absolute atomic E-state index is 13.8. The third-order valence-corrected chi connectivity index (χ3v) is 6.55. The Morgan fingerprint density at radius 2 is 1.55 bits per heavy atom. The fourth-order valence-electron chi connectivity index (χ4n) is 4.44. The van der Waals surface area contributed by atoms with Crippen LogP contribution in [0.15, 0.2) is 6.07 Å². The highest BCUT2D eigenvalue weighted by atomic mass is 19.2. The van der Waals surface area contributed by atoms with Crippen molar-refractivity contribution >= 4 is 29.5 Å². The van der Waals surface area contributed by atoms with Gasteiger partial charge in [0.25, 0.3) is 0 Å². The van der Waals surface area contributed by atoms with Crippen molar-refractivity contribution in [3.8, 4) is 5.75 Å². The van der Waals surface area contributed by atoms with Crippen LogP contribution in [0.5, 0.6) is 5.75 Å². The molecule has 0 aromatic heterocycles. The maximum Gasteiger partial charge on any atom is 0.311 e. The number of rotatable bonds is 9. The van der Waals surface area contributed by atoms with Gasteiger partial charge in [-0.05, 0) is 25.7 Å². The van der Waals surface area contributed by atoms with Crippen molar-refractivity contribution in [1.82, 2.24) is 15.5 Å². The first kappa shape index (κ1) is 28.9. The first-order chi connectivity index (χ1) is 18.0. The van der Waals surface area contributed by atoms with Crippen molar-refractivity contribution in [1.29, 1.82) is 0 Å². The highest BCUT2D eigenvalue weighted by Crippen LogP contribution is 2.26. The smallest absolute Gasteiger partial charge is 0.311 e. The lowest BCUT2D eigenvalue weighted by Gasteiger charge is -2.31. The fraction of sp³-hybridized carbons (Fsp3) is 0.542. The van der Waals surface area contributed by atoms with Gasteiger partial charge in [0.2, 0.25) is 17.5 Å². The molecule has 1 aromatic carbocycles. The summed E-state index contributed by atoms with van der Waals surface area (Å²) >= 11 is 0. The van der Waals surface area contributed by atoms with E-state index >= 15 is 0 Å². The Morgan fingerprint density at radius 1 is 0.974 bits per heavy atom. The van der Waals surface area contributed by atoms with Gasteiger partial charge in [0.1, 0.15) is 12.6 Å². The molecule has 1 saturated carbocycles. The zero-order valence-corrected chi connectivity index (χ0v) is 20.2. The van der Waals surface area contributed by atoms with Gasteiger partial charge >= 0.3 is 17.8 Å². The zero-order valence-electron chi connectivity index (χ0n) is 20.2. The molecule has 1 heterocycles. The number of amides is 3. The number of carboxylic acid groups (broad SMARTS) is 1. The number of nitrogens with zero attached hydrogens (tertiary/aromatic N) is 1. The maximum atomic E-state index is 13.8. The van der Waals surface area contributed by atoms with Gasteiger partial charge in [-0.15, -0.1) is 0 Å². The quantitative estimate of drug-likeness (QED) is 0.242. The van der Waals surface area contributed by atoms with E-state index in [1.54, 1.807) is 0 Å². The second-order valence-electron chi connectivity index (χ2n) is 9.23. The summed E-state index contributed by atoms with van der Waals surface area (Å²) in [6.45, 7) is -1.02. The Balaban J connectivity index is 1.54. The minimum Gasteiger partial charge on any atom is -0.481 e. The highest BCUT2D eigenvalue weighted by molar-refractivity contribution is 6.35. The van der Waals surface area contributed by atoms with Gasteiger partial charge in [0.05, 0.1) is 6.42 Å². The van der Waals surface area contributed by atoms with Crippen LogP contribution in [-0.2, 0) is 24.0 Å². The van der Waals surface area contributed by atoms with E-state index in [9.17, 15) is 41.5 Å². The third-order valence-electron chi connectivity index (χ3n) is 6.55. The van der Waals surface area contributed by atoms with Crippen molar-refractivity contribution in [2.24, 2.45) is 5.92 Å². The summed E-state index contributed by atoms with van der Waals surface area (Å²) in [6.07, 6.45) is 2.96. The number of hydrogen-bond acceptors (Lipinski definition) is 6. The minimum atomic E-state index is -1.88. The number of ether oxygens (including phenoxy) is 1. The van der Waals surface area contributed by atoms with Crippen molar-refractivity contribution in [2.75, 3.05) is 19.7 Å². The van der Waals surface area contributed by atoms with Crippen LogP contribution in [-0.4, -0.2) is 71.3 Å². The second-order valence-corrected chi connectivity index (χ2v) is 9.23. The largest absolute Gasteiger partial charge is 0.481 e. The van der Waals surface area contributed by atoms with Crippen molar-refractivity contribution < 1.29 is 51.4 Å². The molecule has 0 spiro atoms. The summed E-state index contributed by atoms with van der Waals surface area (Å²) in [6, 6.07) is -1.75. The summed E-state index contributed by atoms with van der Waals surface area (Å²) in [5, 5.41) is 14.1. The van der Waals surface area contributed by atoms with Gasteiger partial charge in [-0.3, -0.25) is 24.0 Å². The molecule has 0 radical (unpaired) electrons. The number of carbonyl (C=O) groups excluding carboxylic acids is 4. The summed E-state index contributed by atoms with van der Waals surface area (Å²) in [7, 11) is 0. The SMILES string of the molecule is O=C(O)C[C@H](NC(=O)C1CCN(C(=O)C(=O)NC2CCCC2)CC1)C(=O)COc1c(F)c(F)cc(F)c1F. The topological polar surface area (TPSA) is 142 Å². The van der Waals surface area contributed by atoms with Crippen LogP contribution in [0.3, 0.4) is 0 Å². The van der Waals surface area contributed by atoms with Crippen molar-refractivity contribution in [3.63, 3.8) is 0 Å². The normalized spacial score (nSPS) is 17.1. The molecule has 1 aromatic rings. The number of halogens is 4. The standard InChI is InChI=1S/C24H27F4N3O7/c25-14-9-15(26)20(28)21(19(14)27)38-11-17(32)16(10-18(33)34)30-22(35)12-5-7-31(8-6-12)24(37)23(36)29-13-3-1-2-4-13/h9,12-13,16H,1-8,10-11H2,(H,29,36)(H,30,35)(H,33,34)/t16-/m0/s1. The van der Waals surface area contributed by atoms with Crippen LogP contribution in [0, 0.1) is 29.2 Å². The number of benzene rings is 1. The van der Waals surface area contributed by atoms with E-state index in [2.05, 4.69) is 15.4 Å². The van der Waals surface area contributed by atoms with E-state index in [0.717, 1.165) is 25.7 Å². The molecule has 0 bridgehead atoms. The molecule has 1 saturated heterocycles. The number of hydrogen-bond donors (Lipinski definition) is 3. The number of carboxylic acids is 1.